The number of carboxylic acid groups (broad SMARTS) is 1. The third kappa shape index (κ3) is 1.01. The number of hydrogen-bond donors (Lipinski definition) is 2. The van der Waals surface area contributed by atoms with Crippen LogP contribution in [0.2, 0.25) is 0 Å². The second-order valence-corrected chi connectivity index (χ2v) is 2.06. The monoisotopic (exact) mass is 145 g/mol. The Hall–Kier alpha value is -0.940. The molecule has 0 amide bonds. The number of carboxylic acids is 1. The maximum absolute atomic E-state index is 10.6. The van der Waals surface area contributed by atoms with Crippen LogP contribution in [0.5, 0.6) is 0 Å². The van der Waals surface area contributed by atoms with Gasteiger partial charge in [0.25, 0.3) is 0 Å². The molecule has 1 rings (SSSR count). The van der Waals surface area contributed by atoms with E-state index in [0.717, 1.165) is 0 Å². The minimum atomic E-state index is -1.18. The van der Waals surface area contributed by atoms with Crippen LogP contribution < -0.4 is 5.73 Å². The molecular weight excluding hydrogens is 138 g/mol. The number of nitrogens with two attached hydrogens (primary N) is 1. The molecular formula is C5H7NO4. The van der Waals surface area contributed by atoms with Crippen LogP contribution in [-0.4, -0.2) is 35.6 Å². The number of carbonyl (C=O) groups is 2. The van der Waals surface area contributed by atoms with Crippen LogP contribution in [0, 0.1) is 0 Å². The Morgan fingerprint density at radius 1 is 1.80 bits per heavy atom. The first-order valence-corrected chi connectivity index (χ1v) is 2.75. The summed E-state index contributed by atoms with van der Waals surface area (Å²) in [7, 11) is 0. The van der Waals surface area contributed by atoms with Crippen LogP contribution in [0.4, 0.5) is 0 Å². The number of carbonyl (C=O) groups excluding carboxylic acids is 1. The molecule has 0 aromatic carbocycles. The first-order valence-electron chi connectivity index (χ1n) is 2.75. The summed E-state index contributed by atoms with van der Waals surface area (Å²) in [4.78, 5) is 20.8. The average molecular weight is 145 g/mol. The normalized spacial score (nSPS) is 32.7. The molecule has 1 aliphatic rings. The molecule has 1 heterocycles. The van der Waals surface area contributed by atoms with Gasteiger partial charge in [0.2, 0.25) is 0 Å². The van der Waals surface area contributed by atoms with Crippen molar-refractivity contribution in [1.82, 2.24) is 0 Å². The highest BCUT2D eigenvalue weighted by molar-refractivity contribution is 5.93. The van der Waals surface area contributed by atoms with Crippen molar-refractivity contribution < 1.29 is 19.4 Å². The molecule has 0 aliphatic carbocycles. The summed E-state index contributed by atoms with van der Waals surface area (Å²) in [5.41, 5.74) is 5.17. The van der Waals surface area contributed by atoms with Gasteiger partial charge in [-0.3, -0.25) is 4.79 Å². The van der Waals surface area contributed by atoms with E-state index in [1.807, 2.05) is 0 Å². The highest BCUT2D eigenvalue weighted by Crippen LogP contribution is 2.07. The summed E-state index contributed by atoms with van der Waals surface area (Å²) >= 11 is 0. The Labute approximate surface area is 56.8 Å². The zero-order chi connectivity index (χ0) is 7.72. The van der Waals surface area contributed by atoms with Crippen LogP contribution in [-0.2, 0) is 14.3 Å². The zero-order valence-electron chi connectivity index (χ0n) is 5.11. The highest BCUT2D eigenvalue weighted by Gasteiger charge is 2.37. The molecule has 0 spiro atoms. The van der Waals surface area contributed by atoms with E-state index in [2.05, 4.69) is 4.74 Å². The smallest absolute Gasteiger partial charge is 0.334 e. The van der Waals surface area contributed by atoms with Crippen molar-refractivity contribution in [2.45, 2.75) is 12.1 Å². The van der Waals surface area contributed by atoms with E-state index in [9.17, 15) is 9.59 Å². The van der Waals surface area contributed by atoms with Gasteiger partial charge in [0.15, 0.2) is 11.9 Å². The van der Waals surface area contributed by atoms with Crippen LogP contribution >= 0.6 is 0 Å². The maximum atomic E-state index is 10.6. The third-order valence-corrected chi connectivity index (χ3v) is 1.35. The number of aliphatic carboxylic acids is 1. The number of Topliss-reactive ketones (excluding diaryl/α,β-unsaturated/α-hetero) is 1. The molecule has 2 atom stereocenters. The van der Waals surface area contributed by atoms with Crippen molar-refractivity contribution in [2.75, 3.05) is 6.61 Å². The van der Waals surface area contributed by atoms with Crippen molar-refractivity contribution in [3.8, 4) is 0 Å². The van der Waals surface area contributed by atoms with Crippen molar-refractivity contribution in [2.24, 2.45) is 5.73 Å². The third-order valence-electron chi connectivity index (χ3n) is 1.35. The second-order valence-electron chi connectivity index (χ2n) is 2.06. The number of ketones is 1. The van der Waals surface area contributed by atoms with Crippen LogP contribution in [0.1, 0.15) is 0 Å². The molecule has 1 aliphatic heterocycles. The molecule has 2 unspecified atom stereocenters. The molecule has 5 heteroatoms. The lowest BCUT2D eigenvalue weighted by atomic mass is 10.1. The van der Waals surface area contributed by atoms with E-state index in [1.54, 1.807) is 0 Å². The molecule has 5 nitrogen and oxygen atoms in total. The van der Waals surface area contributed by atoms with E-state index in [4.69, 9.17) is 10.8 Å². The van der Waals surface area contributed by atoms with Crippen molar-refractivity contribution in [1.29, 1.82) is 0 Å². The molecule has 1 saturated heterocycles. The lowest BCUT2D eigenvalue weighted by Crippen LogP contribution is -2.40. The Morgan fingerprint density at radius 3 is 2.60 bits per heavy atom. The SMILES string of the molecule is NC1C(=O)COC1C(=O)O. The molecule has 56 valence electrons. The van der Waals surface area contributed by atoms with Crippen molar-refractivity contribution >= 4 is 11.8 Å². The standard InChI is InChI=1S/C5H7NO4/c6-3-2(7)1-10-4(3)5(8)9/h3-4H,1,6H2,(H,8,9). The fourth-order valence-electron chi connectivity index (χ4n) is 0.766. The molecule has 3 N–H and O–H groups in total. The van der Waals surface area contributed by atoms with Crippen LogP contribution in [0.3, 0.4) is 0 Å². The van der Waals surface area contributed by atoms with Gasteiger partial charge in [-0.05, 0) is 0 Å². The fraction of sp³-hybridized carbons (Fsp3) is 0.600. The predicted molar refractivity (Wildman–Crippen MR) is 30.4 cm³/mol. The predicted octanol–water partition coefficient (Wildman–Crippen LogP) is -1.63. The lowest BCUT2D eigenvalue weighted by Gasteiger charge is -2.05. The van der Waals surface area contributed by atoms with Gasteiger partial charge >= 0.3 is 5.97 Å². The van der Waals surface area contributed by atoms with E-state index in [0.29, 0.717) is 0 Å². The number of rotatable bonds is 1. The van der Waals surface area contributed by atoms with Gasteiger partial charge in [-0.2, -0.15) is 0 Å². The summed E-state index contributed by atoms with van der Waals surface area (Å²) in [6, 6.07) is -0.988. The Morgan fingerprint density at radius 2 is 2.40 bits per heavy atom. The summed E-state index contributed by atoms with van der Waals surface area (Å²) in [5, 5.41) is 8.34. The highest BCUT2D eigenvalue weighted by atomic mass is 16.5. The minimum Gasteiger partial charge on any atom is -0.479 e. The number of hydrogen-bond acceptors (Lipinski definition) is 4. The van der Waals surface area contributed by atoms with E-state index >= 15 is 0 Å². The van der Waals surface area contributed by atoms with Gasteiger partial charge in [-0.15, -0.1) is 0 Å². The van der Waals surface area contributed by atoms with Gasteiger partial charge in [0.1, 0.15) is 12.6 Å². The Balaban J connectivity index is 2.66. The largest absolute Gasteiger partial charge is 0.479 e. The van der Waals surface area contributed by atoms with Gasteiger partial charge in [-0.25, -0.2) is 4.79 Å². The summed E-state index contributed by atoms with van der Waals surface area (Å²) in [6.07, 6.45) is -1.15. The van der Waals surface area contributed by atoms with Crippen molar-refractivity contribution in [3.63, 3.8) is 0 Å². The van der Waals surface area contributed by atoms with Gasteiger partial charge < -0.3 is 15.6 Å². The average Bonchev–Trinajstić information content (AvgIpc) is 2.14. The molecule has 0 bridgehead atoms. The van der Waals surface area contributed by atoms with Crippen LogP contribution in [0.25, 0.3) is 0 Å². The molecule has 1 fully saturated rings. The van der Waals surface area contributed by atoms with Gasteiger partial charge in [-0.1, -0.05) is 0 Å². The molecule has 0 radical (unpaired) electrons. The summed E-state index contributed by atoms with van der Waals surface area (Å²) < 4.78 is 4.56. The molecule has 0 saturated carbocycles. The zero-order valence-corrected chi connectivity index (χ0v) is 5.11. The first-order chi connectivity index (χ1) is 4.63. The van der Waals surface area contributed by atoms with Gasteiger partial charge in [0.05, 0.1) is 0 Å². The quantitative estimate of drug-likeness (QED) is 0.462. The summed E-state index contributed by atoms with van der Waals surface area (Å²) in [6.45, 7) is -0.182. The second kappa shape index (κ2) is 2.36. The van der Waals surface area contributed by atoms with E-state index in [-0.39, 0.29) is 12.4 Å². The Kier molecular flexibility index (Phi) is 1.69. The van der Waals surface area contributed by atoms with E-state index < -0.39 is 18.1 Å². The fourth-order valence-corrected chi connectivity index (χ4v) is 0.766. The summed E-state index contributed by atoms with van der Waals surface area (Å²) in [5.74, 6) is -1.54. The van der Waals surface area contributed by atoms with E-state index in [1.165, 1.54) is 0 Å². The lowest BCUT2D eigenvalue weighted by molar-refractivity contribution is -0.147. The van der Waals surface area contributed by atoms with Crippen LogP contribution in [0.15, 0.2) is 0 Å². The molecule has 10 heavy (non-hydrogen) atoms. The Bertz CT molecular complexity index is 178. The number of ether oxygens (including phenoxy) is 1. The van der Waals surface area contributed by atoms with Gasteiger partial charge in [0, 0.05) is 0 Å². The maximum Gasteiger partial charge on any atom is 0.334 e. The molecule has 0 aromatic heterocycles. The minimum absolute atomic E-state index is 0.182. The van der Waals surface area contributed by atoms with Crippen molar-refractivity contribution in [3.05, 3.63) is 0 Å². The first kappa shape index (κ1) is 7.17. The molecule has 0 aromatic rings. The topological polar surface area (TPSA) is 89.6 Å².